The molecule has 17 heavy (non-hydrogen) atoms. The molecular formula is C8H9N5O2S2. The molecule has 0 aromatic carbocycles. The quantitative estimate of drug-likeness (QED) is 0.555. The molecule has 0 saturated heterocycles. The molecule has 9 heteroatoms. The highest BCUT2D eigenvalue weighted by Gasteiger charge is 2.19. The van der Waals surface area contributed by atoms with Gasteiger partial charge in [0.1, 0.15) is 4.90 Å². The highest BCUT2D eigenvalue weighted by atomic mass is 32.2. The van der Waals surface area contributed by atoms with E-state index in [0.29, 0.717) is 0 Å². The summed E-state index contributed by atoms with van der Waals surface area (Å²) in [6, 6.07) is 1.47. The van der Waals surface area contributed by atoms with Crippen molar-refractivity contribution in [2.24, 2.45) is 5.84 Å². The van der Waals surface area contributed by atoms with Gasteiger partial charge in [-0.2, -0.15) is 0 Å². The lowest BCUT2D eigenvalue weighted by Crippen LogP contribution is -2.17. The van der Waals surface area contributed by atoms with Crippen LogP contribution in [0.2, 0.25) is 0 Å². The van der Waals surface area contributed by atoms with Crippen LogP contribution in [0.5, 0.6) is 0 Å². The first kappa shape index (κ1) is 11.8. The number of nitrogens with two attached hydrogens (primary N) is 1. The van der Waals surface area contributed by atoms with E-state index in [1.54, 1.807) is 5.38 Å². The second-order valence-electron chi connectivity index (χ2n) is 2.96. The molecule has 0 aliphatic rings. The van der Waals surface area contributed by atoms with Crippen LogP contribution in [0.25, 0.3) is 0 Å². The zero-order valence-corrected chi connectivity index (χ0v) is 10.1. The highest BCUT2D eigenvalue weighted by Crippen LogP contribution is 2.22. The molecule has 0 radical (unpaired) electrons. The van der Waals surface area contributed by atoms with Crippen LogP contribution in [-0.4, -0.2) is 18.4 Å². The summed E-state index contributed by atoms with van der Waals surface area (Å²) >= 11 is 1.18. The number of anilines is 2. The minimum atomic E-state index is -3.73. The van der Waals surface area contributed by atoms with Gasteiger partial charge in [-0.15, -0.1) is 11.3 Å². The van der Waals surface area contributed by atoms with Crippen LogP contribution in [0, 0.1) is 0 Å². The largest absolute Gasteiger partial charge is 0.323 e. The number of aromatic nitrogens is 2. The molecule has 4 N–H and O–H groups in total. The van der Waals surface area contributed by atoms with Crippen LogP contribution in [0.1, 0.15) is 0 Å². The van der Waals surface area contributed by atoms with E-state index in [0.717, 1.165) is 0 Å². The molecule has 0 atom stereocenters. The van der Waals surface area contributed by atoms with Gasteiger partial charge in [0.2, 0.25) is 0 Å². The Morgan fingerprint density at radius 3 is 2.82 bits per heavy atom. The van der Waals surface area contributed by atoms with E-state index in [4.69, 9.17) is 5.84 Å². The summed E-state index contributed by atoms with van der Waals surface area (Å²) < 4.78 is 26.3. The van der Waals surface area contributed by atoms with Crippen molar-refractivity contribution in [1.82, 2.24) is 9.97 Å². The zero-order chi connectivity index (χ0) is 12.3. The predicted molar refractivity (Wildman–Crippen MR) is 65.0 cm³/mol. The van der Waals surface area contributed by atoms with Crippen LogP contribution in [0.3, 0.4) is 0 Å². The fourth-order valence-electron chi connectivity index (χ4n) is 1.16. The molecule has 0 spiro atoms. The number of hydrazine groups is 1. The molecule has 2 aromatic rings. The summed E-state index contributed by atoms with van der Waals surface area (Å²) in [6.45, 7) is 0. The summed E-state index contributed by atoms with van der Waals surface area (Å²) in [7, 11) is -3.73. The van der Waals surface area contributed by atoms with Gasteiger partial charge >= 0.3 is 0 Å². The van der Waals surface area contributed by atoms with Gasteiger partial charge in [0.25, 0.3) is 10.0 Å². The average molecular weight is 271 g/mol. The van der Waals surface area contributed by atoms with Crippen LogP contribution in [0.15, 0.2) is 34.9 Å². The standard InChI is InChI=1S/C8H9N5O2S2/c9-12-6-1-2-10-5-7(6)17(14,15)13-8-11-3-4-16-8/h1-5H,9H2,(H,10,12)(H,11,13). The first-order valence-electron chi connectivity index (χ1n) is 4.46. The Labute approximate surface area is 102 Å². The van der Waals surface area contributed by atoms with Crippen LogP contribution >= 0.6 is 11.3 Å². The number of nitrogens with one attached hydrogen (secondary N) is 2. The molecule has 0 amide bonds. The Bertz CT molecular complexity index is 596. The summed E-state index contributed by atoms with van der Waals surface area (Å²) in [4.78, 5) is 7.57. The molecule has 7 nitrogen and oxygen atoms in total. The fourth-order valence-corrected chi connectivity index (χ4v) is 3.06. The third-order valence-electron chi connectivity index (χ3n) is 1.88. The van der Waals surface area contributed by atoms with Gasteiger partial charge in [0.15, 0.2) is 5.13 Å². The van der Waals surface area contributed by atoms with Crippen molar-refractivity contribution >= 4 is 32.2 Å². The minimum absolute atomic E-state index is 0.0299. The number of nitrogen functional groups attached to an aromatic ring is 1. The second-order valence-corrected chi connectivity index (χ2v) is 5.50. The second kappa shape index (κ2) is 4.65. The maximum atomic E-state index is 12.0. The molecule has 0 fully saturated rings. The van der Waals surface area contributed by atoms with Crippen molar-refractivity contribution in [2.75, 3.05) is 10.1 Å². The van der Waals surface area contributed by atoms with Crippen molar-refractivity contribution in [3.63, 3.8) is 0 Å². The lowest BCUT2D eigenvalue weighted by Gasteiger charge is -2.09. The van der Waals surface area contributed by atoms with E-state index in [2.05, 4.69) is 20.1 Å². The molecule has 0 unspecified atom stereocenters. The predicted octanol–water partition coefficient (Wildman–Crippen LogP) is 0.625. The number of hydrogen-bond donors (Lipinski definition) is 3. The lowest BCUT2D eigenvalue weighted by molar-refractivity contribution is 0.601. The molecule has 0 aliphatic carbocycles. The molecule has 2 aromatic heterocycles. The monoisotopic (exact) mass is 271 g/mol. The summed E-state index contributed by atoms with van der Waals surface area (Å²) in [6.07, 6.45) is 4.16. The zero-order valence-electron chi connectivity index (χ0n) is 8.49. The molecule has 0 aliphatic heterocycles. The SMILES string of the molecule is NNc1ccncc1S(=O)(=O)Nc1nccs1. The maximum Gasteiger partial charge on any atom is 0.267 e. The smallest absolute Gasteiger partial charge is 0.267 e. The van der Waals surface area contributed by atoms with Gasteiger partial charge in [-0.1, -0.05) is 0 Å². The van der Waals surface area contributed by atoms with Crippen molar-refractivity contribution < 1.29 is 8.42 Å². The molecule has 2 heterocycles. The Morgan fingerprint density at radius 2 is 2.18 bits per heavy atom. The number of sulfonamides is 1. The van der Waals surface area contributed by atoms with E-state index in [1.165, 1.54) is 36.0 Å². The first-order chi connectivity index (χ1) is 8.13. The number of pyridine rings is 1. The van der Waals surface area contributed by atoms with Crippen LogP contribution < -0.4 is 16.0 Å². The van der Waals surface area contributed by atoms with Gasteiger partial charge in [-0.3, -0.25) is 15.5 Å². The Kier molecular flexibility index (Phi) is 3.22. The molecule has 90 valence electrons. The number of thiazole rings is 1. The number of nitrogens with zero attached hydrogens (tertiary/aromatic N) is 2. The van der Waals surface area contributed by atoms with E-state index in [9.17, 15) is 8.42 Å². The van der Waals surface area contributed by atoms with E-state index >= 15 is 0 Å². The molecule has 0 saturated carbocycles. The van der Waals surface area contributed by atoms with Gasteiger partial charge in [-0.25, -0.2) is 13.4 Å². The van der Waals surface area contributed by atoms with Crippen molar-refractivity contribution in [2.45, 2.75) is 4.90 Å². The summed E-state index contributed by atoms with van der Waals surface area (Å²) in [5, 5.41) is 1.96. The highest BCUT2D eigenvalue weighted by molar-refractivity contribution is 7.93. The van der Waals surface area contributed by atoms with E-state index in [1.807, 2.05) is 0 Å². The van der Waals surface area contributed by atoms with Gasteiger partial charge in [0.05, 0.1) is 5.69 Å². The maximum absolute atomic E-state index is 12.0. The molecule has 0 bridgehead atoms. The van der Waals surface area contributed by atoms with Crippen molar-refractivity contribution in [3.05, 3.63) is 30.0 Å². The van der Waals surface area contributed by atoms with E-state index in [-0.39, 0.29) is 15.7 Å². The van der Waals surface area contributed by atoms with Gasteiger partial charge in [0, 0.05) is 24.0 Å². The lowest BCUT2D eigenvalue weighted by atomic mass is 10.4. The normalized spacial score (nSPS) is 11.1. The third-order valence-corrected chi connectivity index (χ3v) is 4.07. The topological polar surface area (TPSA) is 110 Å². The van der Waals surface area contributed by atoms with Crippen molar-refractivity contribution in [1.29, 1.82) is 0 Å². The fraction of sp³-hybridized carbons (Fsp3) is 0. The Hall–Kier alpha value is -1.71. The van der Waals surface area contributed by atoms with E-state index < -0.39 is 10.0 Å². The summed E-state index contributed by atoms with van der Waals surface area (Å²) in [5.74, 6) is 5.24. The Balaban J connectivity index is 2.38. The van der Waals surface area contributed by atoms with Gasteiger partial charge < -0.3 is 5.43 Å². The van der Waals surface area contributed by atoms with Crippen molar-refractivity contribution in [3.8, 4) is 0 Å². The summed E-state index contributed by atoms with van der Waals surface area (Å²) in [5.41, 5.74) is 2.57. The third kappa shape index (κ3) is 2.52. The van der Waals surface area contributed by atoms with Gasteiger partial charge in [-0.05, 0) is 6.07 Å². The van der Waals surface area contributed by atoms with Crippen LogP contribution in [-0.2, 0) is 10.0 Å². The van der Waals surface area contributed by atoms with Crippen LogP contribution in [0.4, 0.5) is 10.8 Å². The number of rotatable bonds is 4. The molecular weight excluding hydrogens is 262 g/mol. The molecule has 2 rings (SSSR count). The first-order valence-corrected chi connectivity index (χ1v) is 6.83. The number of hydrogen-bond acceptors (Lipinski definition) is 7. The minimum Gasteiger partial charge on any atom is -0.323 e. The average Bonchev–Trinajstić information content (AvgIpc) is 2.81. The Morgan fingerprint density at radius 1 is 1.35 bits per heavy atom.